The highest BCUT2D eigenvalue weighted by molar-refractivity contribution is 5.95. The molecule has 0 aromatic heterocycles. The monoisotopic (exact) mass is 325 g/mol. The Bertz CT molecular complexity index is 669. The van der Waals surface area contributed by atoms with E-state index >= 15 is 0 Å². The van der Waals surface area contributed by atoms with Crippen molar-refractivity contribution in [3.8, 4) is 0 Å². The number of nitrogens with zero attached hydrogens (tertiary/aromatic N) is 1. The van der Waals surface area contributed by atoms with E-state index < -0.39 is 0 Å². The van der Waals surface area contributed by atoms with Crippen LogP contribution in [0.4, 0.5) is 5.69 Å². The second kappa shape index (κ2) is 8.84. The molecule has 0 atom stereocenters. The fourth-order valence-corrected chi connectivity index (χ4v) is 2.46. The van der Waals surface area contributed by atoms with E-state index in [1.165, 1.54) is 12.5 Å². The third-order valence-corrected chi connectivity index (χ3v) is 3.65. The van der Waals surface area contributed by atoms with E-state index in [1.807, 2.05) is 30.3 Å². The number of amides is 2. The molecule has 2 aromatic rings. The lowest BCUT2D eigenvalue weighted by atomic mass is 10.1. The molecule has 2 rings (SSSR count). The first-order valence-electron chi connectivity index (χ1n) is 8.01. The van der Waals surface area contributed by atoms with E-state index in [2.05, 4.69) is 5.32 Å². The van der Waals surface area contributed by atoms with Gasteiger partial charge >= 0.3 is 0 Å². The molecule has 5 heteroatoms. The minimum absolute atomic E-state index is 0.0502. The summed E-state index contributed by atoms with van der Waals surface area (Å²) < 4.78 is 0. The van der Waals surface area contributed by atoms with Gasteiger partial charge in [-0.05, 0) is 36.2 Å². The zero-order valence-corrected chi connectivity index (χ0v) is 13.9. The van der Waals surface area contributed by atoms with Crippen LogP contribution in [-0.2, 0) is 11.2 Å². The number of benzene rings is 2. The van der Waals surface area contributed by atoms with Crippen molar-refractivity contribution < 1.29 is 9.59 Å². The van der Waals surface area contributed by atoms with E-state index in [4.69, 9.17) is 5.73 Å². The molecule has 0 fully saturated rings. The van der Waals surface area contributed by atoms with Crippen LogP contribution in [-0.4, -0.2) is 36.3 Å². The fourth-order valence-electron chi connectivity index (χ4n) is 2.46. The highest BCUT2D eigenvalue weighted by Gasteiger charge is 2.15. The third-order valence-electron chi connectivity index (χ3n) is 3.65. The van der Waals surface area contributed by atoms with Gasteiger partial charge in [0.05, 0.1) is 0 Å². The maximum Gasteiger partial charge on any atom is 0.253 e. The van der Waals surface area contributed by atoms with Crippen LogP contribution in [0.2, 0.25) is 0 Å². The molecule has 0 aliphatic carbocycles. The van der Waals surface area contributed by atoms with Gasteiger partial charge in [0, 0.05) is 37.8 Å². The summed E-state index contributed by atoms with van der Waals surface area (Å²) >= 11 is 0. The Kier molecular flexibility index (Phi) is 6.51. The van der Waals surface area contributed by atoms with Crippen LogP contribution in [0.1, 0.15) is 22.8 Å². The van der Waals surface area contributed by atoms with Crippen LogP contribution < -0.4 is 11.1 Å². The molecule has 24 heavy (non-hydrogen) atoms. The van der Waals surface area contributed by atoms with E-state index in [-0.39, 0.29) is 11.8 Å². The molecular formula is C19H23N3O2. The maximum atomic E-state index is 12.7. The summed E-state index contributed by atoms with van der Waals surface area (Å²) in [5.41, 5.74) is 8.10. The predicted molar refractivity (Wildman–Crippen MR) is 95.8 cm³/mol. The molecule has 0 unspecified atom stereocenters. The van der Waals surface area contributed by atoms with Crippen molar-refractivity contribution in [2.75, 3.05) is 25.0 Å². The van der Waals surface area contributed by atoms with Gasteiger partial charge < -0.3 is 16.0 Å². The Hall–Kier alpha value is -2.66. The van der Waals surface area contributed by atoms with E-state index in [0.29, 0.717) is 30.9 Å². The largest absolute Gasteiger partial charge is 0.337 e. The second-order valence-corrected chi connectivity index (χ2v) is 5.58. The lowest BCUT2D eigenvalue weighted by Crippen LogP contribution is -2.36. The first kappa shape index (κ1) is 17.7. The number of carbonyl (C=O) groups excluding carboxylic acids is 2. The van der Waals surface area contributed by atoms with Gasteiger partial charge in [-0.3, -0.25) is 9.59 Å². The molecular weight excluding hydrogens is 302 g/mol. The lowest BCUT2D eigenvalue weighted by Gasteiger charge is -2.22. The molecule has 0 saturated heterocycles. The van der Waals surface area contributed by atoms with E-state index in [0.717, 1.165) is 6.42 Å². The SMILES string of the molecule is CC(=O)Nc1ccc(C(=O)N(CCN)CCc2ccccc2)cc1. The summed E-state index contributed by atoms with van der Waals surface area (Å²) in [6.45, 7) is 3.00. The first-order chi connectivity index (χ1) is 11.6. The summed E-state index contributed by atoms with van der Waals surface area (Å²) in [5.74, 6) is -0.188. The van der Waals surface area contributed by atoms with Gasteiger partial charge in [0.15, 0.2) is 0 Å². The van der Waals surface area contributed by atoms with Crippen LogP contribution in [0, 0.1) is 0 Å². The van der Waals surface area contributed by atoms with Crippen molar-refractivity contribution in [1.82, 2.24) is 4.90 Å². The van der Waals surface area contributed by atoms with Crippen molar-refractivity contribution in [3.05, 3.63) is 65.7 Å². The second-order valence-electron chi connectivity index (χ2n) is 5.58. The molecule has 126 valence electrons. The zero-order chi connectivity index (χ0) is 17.4. The fraction of sp³-hybridized carbons (Fsp3) is 0.263. The molecule has 0 spiro atoms. The smallest absolute Gasteiger partial charge is 0.253 e. The molecule has 0 aliphatic heterocycles. The molecule has 2 aromatic carbocycles. The topological polar surface area (TPSA) is 75.4 Å². The van der Waals surface area contributed by atoms with Crippen molar-refractivity contribution in [2.24, 2.45) is 5.73 Å². The Morgan fingerprint density at radius 2 is 1.67 bits per heavy atom. The quantitative estimate of drug-likeness (QED) is 0.820. The van der Waals surface area contributed by atoms with Crippen LogP contribution in [0.15, 0.2) is 54.6 Å². The average Bonchev–Trinajstić information content (AvgIpc) is 2.59. The number of hydrogen-bond acceptors (Lipinski definition) is 3. The van der Waals surface area contributed by atoms with Crippen molar-refractivity contribution >= 4 is 17.5 Å². The van der Waals surface area contributed by atoms with Gasteiger partial charge in [-0.2, -0.15) is 0 Å². The molecule has 3 N–H and O–H groups in total. The number of carbonyl (C=O) groups is 2. The molecule has 0 bridgehead atoms. The minimum atomic E-state index is -0.137. The third kappa shape index (κ3) is 5.21. The molecule has 5 nitrogen and oxygen atoms in total. The highest BCUT2D eigenvalue weighted by atomic mass is 16.2. The van der Waals surface area contributed by atoms with Gasteiger partial charge in [-0.25, -0.2) is 0 Å². The number of rotatable bonds is 7. The predicted octanol–water partition coefficient (Wildman–Crippen LogP) is 2.29. The van der Waals surface area contributed by atoms with Gasteiger partial charge in [0.25, 0.3) is 5.91 Å². The minimum Gasteiger partial charge on any atom is -0.337 e. The van der Waals surface area contributed by atoms with E-state index in [1.54, 1.807) is 29.2 Å². The van der Waals surface area contributed by atoms with Gasteiger partial charge in [0.1, 0.15) is 0 Å². The standard InChI is InChI=1S/C19H23N3O2/c1-15(23)21-18-9-7-17(8-10-18)19(24)22(14-12-20)13-11-16-5-3-2-4-6-16/h2-10H,11-14,20H2,1H3,(H,21,23). The summed E-state index contributed by atoms with van der Waals surface area (Å²) in [6, 6.07) is 17.0. The van der Waals surface area contributed by atoms with Gasteiger partial charge in [-0.1, -0.05) is 30.3 Å². The Morgan fingerprint density at radius 3 is 2.25 bits per heavy atom. The average molecular weight is 325 g/mol. The normalized spacial score (nSPS) is 10.2. The number of anilines is 1. The van der Waals surface area contributed by atoms with Crippen LogP contribution in [0.5, 0.6) is 0 Å². The molecule has 0 aliphatic rings. The van der Waals surface area contributed by atoms with Crippen molar-refractivity contribution in [1.29, 1.82) is 0 Å². The molecule has 2 amide bonds. The lowest BCUT2D eigenvalue weighted by molar-refractivity contribution is -0.114. The Morgan fingerprint density at radius 1 is 1.00 bits per heavy atom. The summed E-state index contributed by atoms with van der Waals surface area (Å²) in [7, 11) is 0. The molecule has 0 heterocycles. The van der Waals surface area contributed by atoms with Crippen molar-refractivity contribution in [2.45, 2.75) is 13.3 Å². The summed E-state index contributed by atoms with van der Waals surface area (Å²) in [6.07, 6.45) is 0.788. The molecule has 0 saturated carbocycles. The zero-order valence-electron chi connectivity index (χ0n) is 13.9. The van der Waals surface area contributed by atoms with Gasteiger partial charge in [0.2, 0.25) is 5.91 Å². The maximum absolute atomic E-state index is 12.7. The number of hydrogen-bond donors (Lipinski definition) is 2. The van der Waals surface area contributed by atoms with Gasteiger partial charge in [-0.15, -0.1) is 0 Å². The molecule has 0 radical (unpaired) electrons. The first-order valence-corrected chi connectivity index (χ1v) is 8.01. The van der Waals surface area contributed by atoms with Crippen LogP contribution in [0.25, 0.3) is 0 Å². The summed E-state index contributed by atoms with van der Waals surface area (Å²) in [5, 5.41) is 2.69. The van der Waals surface area contributed by atoms with Crippen LogP contribution >= 0.6 is 0 Å². The number of nitrogens with two attached hydrogens (primary N) is 1. The Balaban J connectivity index is 2.03. The van der Waals surface area contributed by atoms with E-state index in [9.17, 15) is 9.59 Å². The highest BCUT2D eigenvalue weighted by Crippen LogP contribution is 2.12. The number of nitrogens with one attached hydrogen (secondary N) is 1. The van der Waals surface area contributed by atoms with Crippen LogP contribution in [0.3, 0.4) is 0 Å². The Labute approximate surface area is 142 Å². The van der Waals surface area contributed by atoms with Crippen molar-refractivity contribution in [3.63, 3.8) is 0 Å². The summed E-state index contributed by atoms with van der Waals surface area (Å²) in [4.78, 5) is 25.5.